The minimum Gasteiger partial charge on any atom is -0.569 e. The molecule has 1 rings (SSSR count). The van der Waals surface area contributed by atoms with E-state index in [9.17, 15) is 5.21 Å². The minimum absolute atomic E-state index is 0.270. The number of rotatable bonds is 4. The zero-order valence-electron chi connectivity index (χ0n) is 6.98. The Kier molecular flexibility index (Phi) is 3.37. The molecule has 0 aliphatic carbocycles. The Bertz CT molecular complexity index is 175. The second kappa shape index (κ2) is 4.58. The van der Waals surface area contributed by atoms with Crippen LogP contribution in [0.15, 0.2) is 17.9 Å². The highest BCUT2D eigenvalue weighted by Crippen LogP contribution is 2.06. The Balaban J connectivity index is 2.28. The van der Waals surface area contributed by atoms with Gasteiger partial charge in [-0.1, -0.05) is 12.7 Å². The van der Waals surface area contributed by atoms with Crippen molar-refractivity contribution in [2.45, 2.75) is 12.8 Å². The van der Waals surface area contributed by atoms with Crippen LogP contribution in [0, 0.1) is 5.21 Å². The predicted octanol–water partition coefficient (Wildman–Crippen LogP) is 1.08. The van der Waals surface area contributed by atoms with E-state index in [-0.39, 0.29) is 6.61 Å². The molecule has 1 heterocycles. The van der Waals surface area contributed by atoms with Gasteiger partial charge in [-0.05, 0) is 12.8 Å². The van der Waals surface area contributed by atoms with E-state index in [0.29, 0.717) is 4.97 Å². The van der Waals surface area contributed by atoms with Crippen LogP contribution in [0.25, 0.3) is 0 Å². The van der Waals surface area contributed by atoms with Crippen LogP contribution in [0.2, 0.25) is 0 Å². The predicted molar refractivity (Wildman–Crippen MR) is 43.0 cm³/mol. The first kappa shape index (κ1) is 8.83. The van der Waals surface area contributed by atoms with Gasteiger partial charge in [0.2, 0.25) is 5.28 Å². The monoisotopic (exact) mass is 171 g/mol. The van der Waals surface area contributed by atoms with Crippen LogP contribution in [0.4, 0.5) is 0 Å². The van der Waals surface area contributed by atoms with E-state index in [4.69, 9.17) is 0 Å². The summed E-state index contributed by atoms with van der Waals surface area (Å²) < 4.78 is 0. The number of hydrazine groups is 1. The SMILES string of the molecule is C=CCO/N=[N+](\[O-])N1CCCC1. The second-order valence-corrected chi connectivity index (χ2v) is 2.58. The lowest BCUT2D eigenvalue weighted by Crippen LogP contribution is -2.27. The van der Waals surface area contributed by atoms with Crippen LogP contribution < -0.4 is 0 Å². The van der Waals surface area contributed by atoms with Gasteiger partial charge < -0.3 is 10.0 Å². The Morgan fingerprint density at radius 3 is 2.83 bits per heavy atom. The second-order valence-electron chi connectivity index (χ2n) is 2.58. The molecule has 0 aromatic heterocycles. The van der Waals surface area contributed by atoms with E-state index >= 15 is 0 Å². The summed E-state index contributed by atoms with van der Waals surface area (Å²) in [7, 11) is 0. The van der Waals surface area contributed by atoms with Crippen molar-refractivity contribution in [2.75, 3.05) is 19.7 Å². The fourth-order valence-corrected chi connectivity index (χ4v) is 1.06. The van der Waals surface area contributed by atoms with Gasteiger partial charge in [0.05, 0.1) is 18.1 Å². The molecule has 0 bridgehead atoms. The quantitative estimate of drug-likeness (QED) is 0.209. The summed E-state index contributed by atoms with van der Waals surface area (Å²) in [5, 5.41) is 16.0. The van der Waals surface area contributed by atoms with Gasteiger partial charge in [0.1, 0.15) is 6.61 Å². The summed E-state index contributed by atoms with van der Waals surface area (Å²) in [5.41, 5.74) is 0. The molecule has 1 fully saturated rings. The molecule has 0 amide bonds. The van der Waals surface area contributed by atoms with Crippen molar-refractivity contribution in [3.63, 3.8) is 0 Å². The molecular weight excluding hydrogens is 158 g/mol. The first-order chi connectivity index (χ1) is 5.84. The molecule has 0 unspecified atom stereocenters. The molecule has 5 heteroatoms. The molecule has 0 N–H and O–H groups in total. The van der Waals surface area contributed by atoms with Gasteiger partial charge in [-0.15, -0.1) is 5.01 Å². The molecule has 68 valence electrons. The van der Waals surface area contributed by atoms with E-state index in [0.717, 1.165) is 25.9 Å². The van der Waals surface area contributed by atoms with E-state index < -0.39 is 0 Å². The van der Waals surface area contributed by atoms with Crippen LogP contribution in [0.3, 0.4) is 0 Å². The molecular formula is C7H13N3O2. The highest BCUT2D eigenvalue weighted by molar-refractivity contribution is 4.62. The van der Waals surface area contributed by atoms with E-state index in [1.165, 1.54) is 0 Å². The number of hydrogen-bond donors (Lipinski definition) is 0. The molecule has 1 aliphatic rings. The lowest BCUT2D eigenvalue weighted by molar-refractivity contribution is -0.707. The fourth-order valence-electron chi connectivity index (χ4n) is 1.06. The minimum atomic E-state index is 0.270. The lowest BCUT2D eigenvalue weighted by Gasteiger charge is -2.09. The molecule has 5 nitrogen and oxygen atoms in total. The maximum Gasteiger partial charge on any atom is 0.233 e. The van der Waals surface area contributed by atoms with Crippen molar-refractivity contribution in [1.82, 2.24) is 5.01 Å². The summed E-state index contributed by atoms with van der Waals surface area (Å²) >= 11 is 0. The van der Waals surface area contributed by atoms with Crippen LogP contribution in [-0.2, 0) is 4.84 Å². The Labute approximate surface area is 71.4 Å². The molecule has 12 heavy (non-hydrogen) atoms. The summed E-state index contributed by atoms with van der Waals surface area (Å²) in [5.74, 6) is 0. The molecule has 0 atom stereocenters. The maximum atomic E-state index is 11.0. The first-order valence-electron chi connectivity index (χ1n) is 4.00. The lowest BCUT2D eigenvalue weighted by atomic mass is 10.4. The van der Waals surface area contributed by atoms with E-state index in [1.807, 2.05) is 0 Å². The van der Waals surface area contributed by atoms with Crippen LogP contribution >= 0.6 is 0 Å². The molecule has 1 aliphatic heterocycles. The van der Waals surface area contributed by atoms with Crippen molar-refractivity contribution in [3.8, 4) is 0 Å². The highest BCUT2D eigenvalue weighted by Gasteiger charge is 2.18. The largest absolute Gasteiger partial charge is 0.569 e. The average molecular weight is 171 g/mol. The van der Waals surface area contributed by atoms with Crippen molar-refractivity contribution in [1.29, 1.82) is 0 Å². The summed E-state index contributed by atoms with van der Waals surface area (Å²) in [4.78, 5) is 5.15. The van der Waals surface area contributed by atoms with Crippen LogP contribution in [0.5, 0.6) is 0 Å². The topological polar surface area (TPSA) is 50.9 Å². The zero-order valence-corrected chi connectivity index (χ0v) is 6.98. The summed E-state index contributed by atoms with van der Waals surface area (Å²) in [6.45, 7) is 5.24. The van der Waals surface area contributed by atoms with Gasteiger partial charge in [0, 0.05) is 0 Å². The summed E-state index contributed by atoms with van der Waals surface area (Å²) in [6, 6.07) is 0. The Hall–Kier alpha value is -1.26. The first-order valence-corrected chi connectivity index (χ1v) is 4.00. The van der Waals surface area contributed by atoms with Gasteiger partial charge in [-0.2, -0.15) is 0 Å². The van der Waals surface area contributed by atoms with Crippen LogP contribution in [0.1, 0.15) is 12.8 Å². The molecule has 0 radical (unpaired) electrons. The number of nitrogens with zero attached hydrogens (tertiary/aromatic N) is 3. The smallest absolute Gasteiger partial charge is 0.233 e. The van der Waals surface area contributed by atoms with Crippen molar-refractivity contribution in [3.05, 3.63) is 17.9 Å². The third kappa shape index (κ3) is 2.41. The standard InChI is InChI=1S/C7H13N3O2/c1-2-7-12-8-10(11)9-5-3-4-6-9/h2H,1,3-7H2/b10-8-. The molecule has 0 aromatic rings. The molecule has 1 saturated heterocycles. The normalized spacial score (nSPS) is 18.0. The van der Waals surface area contributed by atoms with Gasteiger partial charge in [0.15, 0.2) is 0 Å². The Morgan fingerprint density at radius 1 is 1.58 bits per heavy atom. The highest BCUT2D eigenvalue weighted by atomic mass is 16.7. The van der Waals surface area contributed by atoms with E-state index in [2.05, 4.69) is 16.7 Å². The van der Waals surface area contributed by atoms with Crippen molar-refractivity contribution < 1.29 is 9.81 Å². The fraction of sp³-hybridized carbons (Fsp3) is 0.714. The van der Waals surface area contributed by atoms with E-state index in [1.54, 1.807) is 11.1 Å². The molecule has 0 saturated carbocycles. The van der Waals surface area contributed by atoms with Gasteiger partial charge in [-0.3, -0.25) is 0 Å². The van der Waals surface area contributed by atoms with Gasteiger partial charge in [-0.25, -0.2) is 0 Å². The van der Waals surface area contributed by atoms with Crippen LogP contribution in [-0.4, -0.2) is 29.7 Å². The summed E-state index contributed by atoms with van der Waals surface area (Å²) in [6.07, 6.45) is 3.65. The Morgan fingerprint density at radius 2 is 2.25 bits per heavy atom. The number of hydrogen-bond acceptors (Lipinski definition) is 3. The maximum absolute atomic E-state index is 11.0. The third-order valence-electron chi connectivity index (χ3n) is 1.64. The van der Waals surface area contributed by atoms with Crippen molar-refractivity contribution >= 4 is 0 Å². The zero-order chi connectivity index (χ0) is 8.81. The third-order valence-corrected chi connectivity index (χ3v) is 1.64. The molecule has 0 spiro atoms. The average Bonchev–Trinajstić information content (AvgIpc) is 2.56. The van der Waals surface area contributed by atoms with Crippen molar-refractivity contribution in [2.24, 2.45) is 5.28 Å². The van der Waals surface area contributed by atoms with Gasteiger partial charge >= 0.3 is 0 Å². The molecule has 0 aromatic carbocycles. The van der Waals surface area contributed by atoms with Gasteiger partial charge in [0.25, 0.3) is 0 Å².